The van der Waals surface area contributed by atoms with Crippen LogP contribution in [0.3, 0.4) is 0 Å². The zero-order valence-electron chi connectivity index (χ0n) is 14.3. The van der Waals surface area contributed by atoms with Crippen LogP contribution in [0.2, 0.25) is 0 Å². The fraction of sp³-hybridized carbons (Fsp3) is 1.00. The van der Waals surface area contributed by atoms with Gasteiger partial charge in [0.15, 0.2) is 12.6 Å². The summed E-state index contributed by atoms with van der Waals surface area (Å²) in [5, 5.41) is 9.04. The Morgan fingerprint density at radius 2 is 1.39 bits per heavy atom. The van der Waals surface area contributed by atoms with Crippen LogP contribution in [-0.2, 0) is 18.9 Å². The van der Waals surface area contributed by atoms with Crippen molar-refractivity contribution >= 4 is 0 Å². The minimum atomic E-state index is -0.0321. The van der Waals surface area contributed by atoms with Gasteiger partial charge in [0, 0.05) is 39.5 Å². The van der Waals surface area contributed by atoms with Crippen LogP contribution in [0.4, 0.5) is 0 Å². The Hall–Kier alpha value is -0.240. The Morgan fingerprint density at radius 3 is 1.83 bits per heavy atom. The maximum atomic E-state index is 9.04. The predicted molar refractivity (Wildman–Crippen MR) is 87.2 cm³/mol. The summed E-state index contributed by atoms with van der Waals surface area (Å²) in [6.07, 6.45) is 7.37. The van der Waals surface area contributed by atoms with E-state index in [1.165, 1.54) is 12.8 Å². The first-order valence-electron chi connectivity index (χ1n) is 9.18. The minimum absolute atomic E-state index is 0.0321. The highest BCUT2D eigenvalue weighted by molar-refractivity contribution is 4.60. The average molecular weight is 331 g/mol. The summed E-state index contributed by atoms with van der Waals surface area (Å²) in [5.74, 6) is 0. The van der Waals surface area contributed by atoms with E-state index in [2.05, 4.69) is 4.90 Å². The van der Waals surface area contributed by atoms with Crippen molar-refractivity contribution in [3.8, 4) is 0 Å². The normalized spacial score (nSPS) is 25.8. The van der Waals surface area contributed by atoms with Crippen molar-refractivity contribution < 1.29 is 24.1 Å². The molecule has 0 aliphatic carbocycles. The molecule has 2 rings (SSSR count). The molecule has 0 amide bonds. The molecule has 0 spiro atoms. The van der Waals surface area contributed by atoms with E-state index >= 15 is 0 Å². The zero-order valence-corrected chi connectivity index (χ0v) is 14.3. The van der Waals surface area contributed by atoms with Crippen LogP contribution in [0.1, 0.15) is 44.9 Å². The zero-order chi connectivity index (χ0) is 16.2. The van der Waals surface area contributed by atoms with Gasteiger partial charge in [-0.3, -0.25) is 4.90 Å². The molecule has 0 aromatic heterocycles. The van der Waals surface area contributed by atoms with Gasteiger partial charge in [-0.25, -0.2) is 0 Å². The Morgan fingerprint density at radius 1 is 0.826 bits per heavy atom. The summed E-state index contributed by atoms with van der Waals surface area (Å²) >= 11 is 0. The van der Waals surface area contributed by atoms with Gasteiger partial charge < -0.3 is 24.1 Å². The number of aliphatic hydroxyl groups is 1. The topological polar surface area (TPSA) is 60.4 Å². The highest BCUT2D eigenvalue weighted by Crippen LogP contribution is 2.14. The molecule has 0 bridgehead atoms. The SMILES string of the molecule is OCCCN(CCOC1CCCCO1)CCOC1CCCCO1. The Labute approximate surface area is 140 Å². The monoisotopic (exact) mass is 331 g/mol. The third-order valence-electron chi connectivity index (χ3n) is 4.33. The summed E-state index contributed by atoms with van der Waals surface area (Å²) in [7, 11) is 0. The molecule has 23 heavy (non-hydrogen) atoms. The van der Waals surface area contributed by atoms with E-state index in [-0.39, 0.29) is 19.2 Å². The predicted octanol–water partition coefficient (Wildman–Crippen LogP) is 1.76. The van der Waals surface area contributed by atoms with Crippen LogP contribution in [0.25, 0.3) is 0 Å². The second-order valence-corrected chi connectivity index (χ2v) is 6.25. The van der Waals surface area contributed by atoms with Gasteiger partial charge in [0.25, 0.3) is 0 Å². The lowest BCUT2D eigenvalue weighted by Crippen LogP contribution is -2.35. The van der Waals surface area contributed by atoms with Crippen LogP contribution in [0, 0.1) is 0 Å². The van der Waals surface area contributed by atoms with Crippen LogP contribution in [0.15, 0.2) is 0 Å². The first-order chi connectivity index (χ1) is 11.4. The van der Waals surface area contributed by atoms with Crippen LogP contribution >= 0.6 is 0 Å². The fourth-order valence-corrected chi connectivity index (χ4v) is 2.94. The number of nitrogens with zero attached hydrogens (tertiary/aromatic N) is 1. The third kappa shape index (κ3) is 8.42. The van der Waals surface area contributed by atoms with Crippen molar-refractivity contribution in [2.75, 3.05) is 52.7 Å². The Kier molecular flexibility index (Phi) is 10.1. The van der Waals surface area contributed by atoms with Crippen molar-refractivity contribution in [1.82, 2.24) is 4.90 Å². The largest absolute Gasteiger partial charge is 0.396 e. The molecule has 1 N–H and O–H groups in total. The van der Waals surface area contributed by atoms with Crippen molar-refractivity contribution in [3.05, 3.63) is 0 Å². The fourth-order valence-electron chi connectivity index (χ4n) is 2.94. The van der Waals surface area contributed by atoms with Gasteiger partial charge in [0.05, 0.1) is 13.2 Å². The Bertz CT molecular complexity index is 256. The maximum Gasteiger partial charge on any atom is 0.157 e. The lowest BCUT2D eigenvalue weighted by Gasteiger charge is -2.27. The van der Waals surface area contributed by atoms with Crippen molar-refractivity contribution in [2.45, 2.75) is 57.5 Å². The molecule has 2 heterocycles. The molecule has 6 heteroatoms. The second-order valence-electron chi connectivity index (χ2n) is 6.25. The molecular formula is C17H33NO5. The van der Waals surface area contributed by atoms with Gasteiger partial charge in [0.2, 0.25) is 0 Å². The molecule has 2 fully saturated rings. The summed E-state index contributed by atoms with van der Waals surface area (Å²) < 4.78 is 22.8. The number of ether oxygens (including phenoxy) is 4. The first-order valence-corrected chi connectivity index (χ1v) is 9.18. The first kappa shape index (κ1) is 19.1. The van der Waals surface area contributed by atoms with E-state index in [0.29, 0.717) is 13.2 Å². The van der Waals surface area contributed by atoms with E-state index in [0.717, 1.165) is 65.0 Å². The van der Waals surface area contributed by atoms with Gasteiger partial charge in [0.1, 0.15) is 0 Å². The summed E-state index contributed by atoms with van der Waals surface area (Å²) in [6, 6.07) is 0. The minimum Gasteiger partial charge on any atom is -0.396 e. The number of aliphatic hydroxyl groups excluding tert-OH is 1. The molecule has 2 atom stereocenters. The van der Waals surface area contributed by atoms with Crippen molar-refractivity contribution in [2.24, 2.45) is 0 Å². The van der Waals surface area contributed by atoms with E-state index < -0.39 is 0 Å². The van der Waals surface area contributed by atoms with Gasteiger partial charge >= 0.3 is 0 Å². The van der Waals surface area contributed by atoms with E-state index in [1.54, 1.807) is 0 Å². The van der Waals surface area contributed by atoms with Crippen LogP contribution < -0.4 is 0 Å². The molecular weight excluding hydrogens is 298 g/mol. The molecule has 0 radical (unpaired) electrons. The molecule has 136 valence electrons. The highest BCUT2D eigenvalue weighted by atomic mass is 16.7. The van der Waals surface area contributed by atoms with Gasteiger partial charge in [-0.2, -0.15) is 0 Å². The average Bonchev–Trinajstić information content (AvgIpc) is 2.61. The molecule has 0 saturated carbocycles. The van der Waals surface area contributed by atoms with Gasteiger partial charge in [-0.1, -0.05) is 0 Å². The third-order valence-corrected chi connectivity index (χ3v) is 4.33. The molecule has 0 aromatic carbocycles. The molecule has 2 saturated heterocycles. The molecule has 6 nitrogen and oxygen atoms in total. The summed E-state index contributed by atoms with van der Waals surface area (Å²) in [6.45, 7) is 5.72. The molecule has 2 aliphatic rings. The highest BCUT2D eigenvalue weighted by Gasteiger charge is 2.16. The molecule has 0 aromatic rings. The van der Waals surface area contributed by atoms with E-state index in [1.807, 2.05) is 0 Å². The maximum absolute atomic E-state index is 9.04. The molecule has 2 aliphatic heterocycles. The summed E-state index contributed by atoms with van der Waals surface area (Å²) in [4.78, 5) is 2.28. The number of hydrogen-bond acceptors (Lipinski definition) is 6. The van der Waals surface area contributed by atoms with Crippen molar-refractivity contribution in [3.63, 3.8) is 0 Å². The Balaban J connectivity index is 1.57. The van der Waals surface area contributed by atoms with Crippen LogP contribution in [0.5, 0.6) is 0 Å². The quantitative estimate of drug-likeness (QED) is 0.622. The lowest BCUT2D eigenvalue weighted by molar-refractivity contribution is -0.170. The summed E-state index contributed by atoms with van der Waals surface area (Å²) in [5.41, 5.74) is 0. The van der Waals surface area contributed by atoms with E-state index in [4.69, 9.17) is 24.1 Å². The number of hydrogen-bond donors (Lipinski definition) is 1. The van der Waals surface area contributed by atoms with Crippen LogP contribution in [-0.4, -0.2) is 75.3 Å². The smallest absolute Gasteiger partial charge is 0.157 e. The van der Waals surface area contributed by atoms with E-state index in [9.17, 15) is 0 Å². The van der Waals surface area contributed by atoms with Crippen molar-refractivity contribution in [1.29, 1.82) is 0 Å². The number of rotatable bonds is 11. The van der Waals surface area contributed by atoms with Gasteiger partial charge in [-0.15, -0.1) is 0 Å². The lowest BCUT2D eigenvalue weighted by atomic mass is 10.2. The van der Waals surface area contributed by atoms with Gasteiger partial charge in [-0.05, 0) is 44.9 Å². The molecule has 2 unspecified atom stereocenters. The standard InChI is InChI=1S/C17H33NO5/c19-11-5-8-18(9-14-22-16-6-1-3-12-20-16)10-15-23-17-7-2-4-13-21-17/h16-17,19H,1-15H2. The second kappa shape index (κ2) is 12.2.